The molecule has 0 radical (unpaired) electrons. The molecule has 0 aliphatic rings. The van der Waals surface area contributed by atoms with E-state index in [0.717, 1.165) is 6.29 Å². The van der Waals surface area contributed by atoms with Crippen molar-refractivity contribution in [3.05, 3.63) is 0 Å². The van der Waals surface area contributed by atoms with Crippen LogP contribution in [0.3, 0.4) is 0 Å². The molecule has 0 aromatic carbocycles. The summed E-state index contributed by atoms with van der Waals surface area (Å²) in [5.74, 6) is -4.17. The molecule has 0 aliphatic heterocycles. The second-order valence-corrected chi connectivity index (χ2v) is 9.89. The third-order valence-electron chi connectivity index (χ3n) is 3.58. The van der Waals surface area contributed by atoms with Crippen LogP contribution in [0, 0.1) is 0 Å². The van der Waals surface area contributed by atoms with Crippen molar-refractivity contribution in [3.8, 4) is 0 Å². The van der Waals surface area contributed by atoms with Crippen molar-refractivity contribution in [2.24, 2.45) is 0 Å². The first kappa shape index (κ1) is 30.9. The van der Waals surface area contributed by atoms with E-state index in [1.54, 1.807) is 0 Å². The van der Waals surface area contributed by atoms with Crippen molar-refractivity contribution in [2.75, 3.05) is 59.4 Å². The number of carbonyl (C=O) groups is 3. The van der Waals surface area contributed by atoms with Crippen molar-refractivity contribution in [1.82, 2.24) is 5.32 Å². The molecule has 1 amide bonds. The number of hydrogen-bond acceptors (Lipinski definition) is 10. The highest BCUT2D eigenvalue weighted by molar-refractivity contribution is 7.74. The number of ether oxygens (including phenoxy) is 4. The maximum atomic E-state index is 11.7. The average molecular weight is 509 g/mol. The molecule has 0 aromatic rings. The highest BCUT2D eigenvalue weighted by Crippen LogP contribution is 2.67. The van der Waals surface area contributed by atoms with Gasteiger partial charge in [0.15, 0.2) is 0 Å². The van der Waals surface area contributed by atoms with Gasteiger partial charge in [0, 0.05) is 19.6 Å². The van der Waals surface area contributed by atoms with Crippen molar-refractivity contribution in [2.45, 2.75) is 17.9 Å². The Labute approximate surface area is 183 Å². The first-order valence-corrected chi connectivity index (χ1v) is 12.5. The summed E-state index contributed by atoms with van der Waals surface area (Å²) in [6.07, 6.45) is 1.94. The summed E-state index contributed by atoms with van der Waals surface area (Å²) >= 11 is 0. The van der Waals surface area contributed by atoms with Gasteiger partial charge in [-0.3, -0.25) is 18.7 Å². The molecule has 0 saturated carbocycles. The average Bonchev–Trinajstić information content (AvgIpc) is 2.70. The van der Waals surface area contributed by atoms with Crippen LogP contribution in [0.1, 0.15) is 12.8 Å². The maximum Gasteiger partial charge on any atom is 0.378 e. The standard InChI is InChI=1S/C15H29NO14P2/c17-4-1-2-5-27-7-9-29-11-12-30-10-8-28-6-3-16-14(19)13(18)15(20,31(21,22)23)32(24,25)26/h4,20H,1-3,5-12H2,(H,16,19)(H2,21,22,23)(H2,24,25,26). The van der Waals surface area contributed by atoms with E-state index in [-0.39, 0.29) is 33.0 Å². The van der Waals surface area contributed by atoms with E-state index in [0.29, 0.717) is 39.3 Å². The molecule has 0 unspecified atom stereocenters. The Morgan fingerprint density at radius 2 is 1.19 bits per heavy atom. The van der Waals surface area contributed by atoms with Gasteiger partial charge in [0.25, 0.3) is 11.7 Å². The molecule has 0 spiro atoms. The van der Waals surface area contributed by atoms with Gasteiger partial charge >= 0.3 is 20.3 Å². The predicted octanol–water partition coefficient (Wildman–Crippen LogP) is -2.28. The minimum absolute atomic E-state index is 0.0958. The Morgan fingerprint density at radius 1 is 0.781 bits per heavy atom. The van der Waals surface area contributed by atoms with E-state index in [1.165, 1.54) is 0 Å². The Kier molecular flexibility index (Phi) is 15.2. The lowest BCUT2D eigenvalue weighted by Gasteiger charge is -2.26. The molecule has 0 fully saturated rings. The number of rotatable bonds is 20. The summed E-state index contributed by atoms with van der Waals surface area (Å²) in [5, 5.41) is 6.91. The third-order valence-corrected chi connectivity index (χ3v) is 7.18. The molecular formula is C15H29NO14P2. The first-order valence-electron chi connectivity index (χ1n) is 9.30. The number of aliphatic hydroxyl groups is 1. The summed E-state index contributed by atoms with van der Waals surface area (Å²) in [7, 11) is -12.2. The highest BCUT2D eigenvalue weighted by atomic mass is 31.2. The predicted molar refractivity (Wildman–Crippen MR) is 106 cm³/mol. The van der Waals surface area contributed by atoms with Gasteiger partial charge in [0.1, 0.15) is 6.29 Å². The number of hydrogen-bond donors (Lipinski definition) is 6. The normalized spacial score (nSPS) is 12.5. The number of amides is 1. The molecule has 6 N–H and O–H groups in total. The molecule has 0 aliphatic carbocycles. The van der Waals surface area contributed by atoms with Gasteiger partial charge in [-0.2, -0.15) is 0 Å². The lowest BCUT2D eigenvalue weighted by molar-refractivity contribution is -0.143. The minimum Gasteiger partial charge on any atom is -0.379 e. The fourth-order valence-electron chi connectivity index (χ4n) is 1.93. The number of ketones is 1. The number of Topliss-reactive ketones (excluding diaryl/α,β-unsaturated/α-hetero) is 1. The Bertz CT molecular complexity index is 653. The molecule has 0 atom stereocenters. The number of nitrogens with one attached hydrogen (secondary N) is 1. The molecule has 0 rings (SSSR count). The number of unbranched alkanes of at least 4 members (excludes halogenated alkanes) is 1. The Balaban J connectivity index is 3.86. The lowest BCUT2D eigenvalue weighted by Crippen LogP contribution is -2.47. The van der Waals surface area contributed by atoms with E-state index in [4.69, 9.17) is 38.5 Å². The monoisotopic (exact) mass is 509 g/mol. The molecule has 188 valence electrons. The van der Waals surface area contributed by atoms with Crippen LogP contribution in [0.4, 0.5) is 0 Å². The van der Waals surface area contributed by atoms with Crippen LogP contribution in [0.25, 0.3) is 0 Å². The SMILES string of the molecule is O=CCCCOCCOCCOCCOCCNC(=O)C(=O)C(O)(P(=O)(O)O)P(=O)(O)O. The van der Waals surface area contributed by atoms with Gasteiger partial charge in [0.2, 0.25) is 0 Å². The Morgan fingerprint density at radius 3 is 1.59 bits per heavy atom. The molecule has 17 heteroatoms. The van der Waals surface area contributed by atoms with Crippen molar-refractivity contribution in [3.63, 3.8) is 0 Å². The minimum atomic E-state index is -6.09. The van der Waals surface area contributed by atoms with Gasteiger partial charge in [-0.05, 0) is 6.42 Å². The van der Waals surface area contributed by atoms with Gasteiger partial charge in [-0.25, -0.2) is 0 Å². The van der Waals surface area contributed by atoms with Gasteiger partial charge in [0.05, 0.1) is 46.2 Å². The fraction of sp³-hybridized carbons (Fsp3) is 0.800. The van der Waals surface area contributed by atoms with Crippen LogP contribution in [0.2, 0.25) is 0 Å². The van der Waals surface area contributed by atoms with E-state index in [9.17, 15) is 28.6 Å². The van der Waals surface area contributed by atoms with Crippen LogP contribution < -0.4 is 5.32 Å². The molecule has 0 bridgehead atoms. The zero-order valence-electron chi connectivity index (χ0n) is 17.2. The van der Waals surface area contributed by atoms with Gasteiger partial charge < -0.3 is 53.7 Å². The van der Waals surface area contributed by atoms with Crippen LogP contribution in [0.15, 0.2) is 0 Å². The summed E-state index contributed by atoms with van der Waals surface area (Å²) in [5.41, 5.74) is 0. The second kappa shape index (κ2) is 15.7. The zero-order chi connectivity index (χ0) is 24.7. The summed E-state index contributed by atoms with van der Waals surface area (Å²) in [4.78, 5) is 69.0. The van der Waals surface area contributed by atoms with Crippen molar-refractivity contribution < 1.29 is 67.1 Å². The van der Waals surface area contributed by atoms with E-state index >= 15 is 0 Å². The number of aldehydes is 1. The van der Waals surface area contributed by atoms with E-state index in [2.05, 4.69) is 0 Å². The zero-order valence-corrected chi connectivity index (χ0v) is 18.9. The van der Waals surface area contributed by atoms with Crippen LogP contribution >= 0.6 is 15.2 Å². The van der Waals surface area contributed by atoms with E-state index < -0.39 is 32.0 Å². The second-order valence-electron chi connectivity index (χ2n) is 6.07. The molecule has 32 heavy (non-hydrogen) atoms. The van der Waals surface area contributed by atoms with Gasteiger partial charge in [-0.1, -0.05) is 0 Å². The molecule has 0 aromatic heterocycles. The van der Waals surface area contributed by atoms with Crippen LogP contribution in [-0.2, 0) is 42.5 Å². The topological polar surface area (TPSA) is 235 Å². The highest BCUT2D eigenvalue weighted by Gasteiger charge is 2.67. The molecule has 0 heterocycles. The number of carbonyl (C=O) groups excluding carboxylic acids is 3. The third kappa shape index (κ3) is 11.2. The largest absolute Gasteiger partial charge is 0.379 e. The van der Waals surface area contributed by atoms with Crippen molar-refractivity contribution in [1.29, 1.82) is 0 Å². The van der Waals surface area contributed by atoms with Gasteiger partial charge in [-0.15, -0.1) is 0 Å². The smallest absolute Gasteiger partial charge is 0.378 e. The van der Waals surface area contributed by atoms with Crippen LogP contribution in [-0.4, -0.2) is 107 Å². The molecule has 15 nitrogen and oxygen atoms in total. The quantitative estimate of drug-likeness (QED) is 0.0439. The summed E-state index contributed by atoms with van der Waals surface area (Å²) < 4.78 is 43.0. The lowest BCUT2D eigenvalue weighted by atomic mass is 10.3. The molecular weight excluding hydrogens is 480 g/mol. The molecule has 0 saturated heterocycles. The first-order chi connectivity index (χ1) is 14.9. The maximum absolute atomic E-state index is 11.7. The summed E-state index contributed by atoms with van der Waals surface area (Å²) in [6, 6.07) is 0. The Hall–Kier alpha value is -1.09. The van der Waals surface area contributed by atoms with Crippen LogP contribution in [0.5, 0.6) is 0 Å². The van der Waals surface area contributed by atoms with E-state index in [1.807, 2.05) is 5.32 Å². The summed E-state index contributed by atoms with van der Waals surface area (Å²) in [6.45, 7) is 1.62. The van der Waals surface area contributed by atoms with Crippen molar-refractivity contribution >= 4 is 33.2 Å². The fourth-order valence-corrected chi connectivity index (χ4v) is 4.02.